The number of carbonyl (C=O) groups excluding carboxylic acids is 1. The molecule has 3 aromatic carbocycles. The molecule has 4 bridgehead atoms. The van der Waals surface area contributed by atoms with Crippen LogP contribution >= 0.6 is 0 Å². The predicted octanol–water partition coefficient (Wildman–Crippen LogP) is 12.8. The fraction of sp³-hybridized carbons (Fsp3) is 0.635. The lowest BCUT2D eigenvalue weighted by molar-refractivity contribution is -0.161. The number of benzene rings is 3. The summed E-state index contributed by atoms with van der Waals surface area (Å²) >= 11 is 0. The summed E-state index contributed by atoms with van der Waals surface area (Å²) in [6.07, 6.45) is 18.6. The van der Waals surface area contributed by atoms with Crippen molar-refractivity contribution in [1.82, 2.24) is 0 Å². The van der Waals surface area contributed by atoms with E-state index in [1.165, 1.54) is 127 Å². The van der Waals surface area contributed by atoms with Crippen molar-refractivity contribution in [2.45, 2.75) is 158 Å². The topological polar surface area (TPSA) is 35.5 Å². The van der Waals surface area contributed by atoms with Crippen LogP contribution in [0.2, 0.25) is 0 Å². The number of ether oxygens (including phenoxy) is 2. The molecule has 3 heterocycles. The van der Waals surface area contributed by atoms with Gasteiger partial charge in [-0.1, -0.05) is 32.9 Å². The largest absolute Gasteiger partial charge is 0.496 e. The van der Waals surface area contributed by atoms with Crippen LogP contribution in [0.5, 0.6) is 11.5 Å². The Labute approximate surface area is 362 Å². The van der Waals surface area contributed by atoms with Crippen molar-refractivity contribution < 1.29 is 14.3 Å². The van der Waals surface area contributed by atoms with Gasteiger partial charge in [0.1, 0.15) is 46.0 Å². The molecule has 316 valence electrons. The molecule has 0 atom stereocenters. The van der Waals surface area contributed by atoms with Crippen molar-refractivity contribution in [3.63, 3.8) is 0 Å². The van der Waals surface area contributed by atoms with E-state index in [1.807, 2.05) is 0 Å². The van der Waals surface area contributed by atoms with Gasteiger partial charge in [0.2, 0.25) is 0 Å². The normalized spacial score (nSPS) is 26.0. The summed E-state index contributed by atoms with van der Waals surface area (Å²) in [6.45, 7) is 15.4. The molecule has 10 rings (SSSR count). The molecule has 6 heteroatoms. The van der Waals surface area contributed by atoms with Gasteiger partial charge in [-0.25, -0.2) is 0 Å². The van der Waals surface area contributed by atoms with Gasteiger partial charge in [-0.05, 0) is 205 Å². The molecule has 0 N–H and O–H groups in total. The molecule has 7 aliphatic rings. The first-order valence-corrected chi connectivity index (χ1v) is 27.6. The third kappa shape index (κ3) is 10.5. The van der Waals surface area contributed by atoms with Crippen molar-refractivity contribution in [3.8, 4) is 11.5 Å². The van der Waals surface area contributed by atoms with E-state index in [1.54, 1.807) is 16.9 Å². The van der Waals surface area contributed by atoms with Crippen molar-refractivity contribution in [2.75, 3.05) is 41.6 Å². The van der Waals surface area contributed by atoms with Crippen LogP contribution in [0.1, 0.15) is 138 Å². The standard InChI is InChI=1S/C23H31O2S.C15H23S.C14H21OS/c1-15-7-20(26-5-3-4-6-26)8-16(2)21(15)25-22(24)23-12-17-9-18(13-23)11-19(10-17)14-23;1-15(2,3)13-7-9-14(10-8-13)16-11-5-4-6-12-16;1-11-9-13(10-12(2)14(11)15-3)16-7-5-4-6-8-16/h7-8,17-19H,3-6,9-14H2,1-2H3;7-10H,4-6,11-12H2,1-3H3;9-10H,4-8H2,1-3H3/q3*+1. The molecule has 4 saturated carbocycles. The Hall–Kier alpha value is -2.02. The van der Waals surface area contributed by atoms with Crippen LogP contribution in [-0.2, 0) is 42.9 Å². The number of hydrogen-bond acceptors (Lipinski definition) is 3. The van der Waals surface area contributed by atoms with E-state index in [0.29, 0.717) is 32.7 Å². The van der Waals surface area contributed by atoms with E-state index >= 15 is 0 Å². The van der Waals surface area contributed by atoms with Crippen LogP contribution in [0.3, 0.4) is 0 Å². The fourth-order valence-electron chi connectivity index (χ4n) is 11.4. The lowest BCUT2D eigenvalue weighted by Crippen LogP contribution is -2.51. The number of hydrogen-bond donors (Lipinski definition) is 0. The molecule has 4 aliphatic carbocycles. The summed E-state index contributed by atoms with van der Waals surface area (Å²) in [4.78, 5) is 17.9. The Morgan fingerprint density at radius 2 is 0.914 bits per heavy atom. The Morgan fingerprint density at radius 3 is 1.29 bits per heavy atom. The van der Waals surface area contributed by atoms with Gasteiger partial charge in [0.05, 0.1) is 12.5 Å². The maximum absolute atomic E-state index is 13.3. The van der Waals surface area contributed by atoms with Crippen molar-refractivity contribution in [3.05, 3.63) is 76.3 Å². The van der Waals surface area contributed by atoms with Crippen LogP contribution < -0.4 is 9.47 Å². The highest BCUT2D eigenvalue weighted by Gasteiger charge is 2.55. The van der Waals surface area contributed by atoms with Crippen LogP contribution in [0.25, 0.3) is 0 Å². The minimum absolute atomic E-state index is 0.0823. The van der Waals surface area contributed by atoms with E-state index in [9.17, 15) is 4.79 Å². The van der Waals surface area contributed by atoms with Crippen LogP contribution in [0.15, 0.2) is 63.2 Å². The molecule has 0 amide bonds. The van der Waals surface area contributed by atoms with Gasteiger partial charge in [-0.2, -0.15) is 0 Å². The highest BCUT2D eigenvalue weighted by atomic mass is 32.2. The minimum Gasteiger partial charge on any atom is -0.496 e. The number of esters is 1. The molecular formula is C52H75O3S3+3. The molecule has 7 fully saturated rings. The number of aryl methyl sites for hydroxylation is 4. The zero-order valence-corrected chi connectivity index (χ0v) is 39.9. The van der Waals surface area contributed by atoms with Crippen LogP contribution in [0.4, 0.5) is 0 Å². The second kappa shape index (κ2) is 19.4. The van der Waals surface area contributed by atoms with E-state index < -0.39 is 0 Å². The molecule has 3 aromatic rings. The Bertz CT molecular complexity index is 1760. The first-order valence-electron chi connectivity index (χ1n) is 22.9. The van der Waals surface area contributed by atoms with Crippen LogP contribution in [-0.4, -0.2) is 47.6 Å². The van der Waals surface area contributed by atoms with Gasteiger partial charge in [0.15, 0.2) is 14.7 Å². The number of carbonyl (C=O) groups is 1. The number of rotatable bonds is 6. The van der Waals surface area contributed by atoms with Gasteiger partial charge >= 0.3 is 5.97 Å². The summed E-state index contributed by atoms with van der Waals surface area (Å²) in [7, 11) is 3.24. The second-order valence-corrected chi connectivity index (χ2v) is 26.7. The Kier molecular flexibility index (Phi) is 14.7. The molecule has 3 nitrogen and oxygen atoms in total. The summed E-state index contributed by atoms with van der Waals surface area (Å²) in [5.74, 6) is 12.6. The molecule has 0 unspecified atom stereocenters. The molecule has 3 aliphatic heterocycles. The Balaban J connectivity index is 0.000000140. The summed E-state index contributed by atoms with van der Waals surface area (Å²) in [6, 6.07) is 18.7. The van der Waals surface area contributed by atoms with E-state index in [-0.39, 0.29) is 16.8 Å². The summed E-state index contributed by atoms with van der Waals surface area (Å²) in [5, 5.41) is 0. The molecule has 58 heavy (non-hydrogen) atoms. The van der Waals surface area contributed by atoms with E-state index in [4.69, 9.17) is 9.47 Å². The molecular weight excluding hydrogens is 769 g/mol. The van der Waals surface area contributed by atoms with E-state index in [0.717, 1.165) is 59.6 Å². The first-order chi connectivity index (χ1) is 27.8. The van der Waals surface area contributed by atoms with Crippen molar-refractivity contribution >= 4 is 38.7 Å². The van der Waals surface area contributed by atoms with Gasteiger partial charge < -0.3 is 9.47 Å². The smallest absolute Gasteiger partial charge is 0.317 e. The molecule has 0 radical (unpaired) electrons. The molecule has 3 saturated heterocycles. The van der Waals surface area contributed by atoms with Gasteiger partial charge in [-0.15, -0.1) is 0 Å². The summed E-state index contributed by atoms with van der Waals surface area (Å²) in [5.41, 5.74) is 6.45. The third-order valence-corrected chi connectivity index (χ3v) is 21.5. The maximum atomic E-state index is 13.3. The summed E-state index contributed by atoms with van der Waals surface area (Å²) < 4.78 is 11.6. The number of methoxy groups -OCH3 is 1. The molecule has 0 spiro atoms. The van der Waals surface area contributed by atoms with Gasteiger partial charge in [0, 0.05) is 32.7 Å². The predicted molar refractivity (Wildman–Crippen MR) is 253 cm³/mol. The van der Waals surface area contributed by atoms with Gasteiger partial charge in [-0.3, -0.25) is 4.79 Å². The lowest BCUT2D eigenvalue weighted by atomic mass is 9.49. The highest BCUT2D eigenvalue weighted by molar-refractivity contribution is 7.97. The SMILES string of the molecule is CC(C)(C)c1ccc([S+]2CCCCC2)cc1.COc1c(C)cc([S+]2CCCCC2)cc1C.Cc1cc([S+]2CCCC2)cc(C)c1OC(=O)C12CC3CC(CC(C3)C1)C2. The highest BCUT2D eigenvalue weighted by Crippen LogP contribution is 2.60. The third-order valence-electron chi connectivity index (χ3n) is 14.1. The molecule has 0 aromatic heterocycles. The first kappa shape index (κ1) is 44.0. The van der Waals surface area contributed by atoms with Crippen molar-refractivity contribution in [2.24, 2.45) is 23.2 Å². The van der Waals surface area contributed by atoms with Crippen molar-refractivity contribution in [1.29, 1.82) is 0 Å². The zero-order chi connectivity index (χ0) is 41.0. The van der Waals surface area contributed by atoms with E-state index in [2.05, 4.69) is 97.0 Å². The van der Waals surface area contributed by atoms with Crippen LogP contribution in [0, 0.1) is 50.9 Å². The minimum atomic E-state index is -0.167. The Morgan fingerprint density at radius 1 is 0.552 bits per heavy atom. The average Bonchev–Trinajstić information content (AvgIpc) is 3.75. The van der Waals surface area contributed by atoms with Gasteiger partial charge in [0.25, 0.3) is 0 Å². The monoisotopic (exact) mass is 843 g/mol. The lowest BCUT2D eigenvalue weighted by Gasteiger charge is -2.55. The quantitative estimate of drug-likeness (QED) is 0.141. The maximum Gasteiger partial charge on any atom is 0.317 e. The zero-order valence-electron chi connectivity index (χ0n) is 37.4. The average molecular weight is 844 g/mol. The fourth-order valence-corrected chi connectivity index (χ4v) is 18.6. The second-order valence-electron chi connectivity index (χ2n) is 19.9.